The average Bonchev–Trinajstić information content (AvgIpc) is 2.65. The summed E-state index contributed by atoms with van der Waals surface area (Å²) in [4.78, 5) is 10.9. The summed E-state index contributed by atoms with van der Waals surface area (Å²) in [7, 11) is 0. The summed E-state index contributed by atoms with van der Waals surface area (Å²) in [6, 6.07) is 2.19. The molecule has 0 aliphatic carbocycles. The van der Waals surface area contributed by atoms with Crippen LogP contribution in [0.15, 0.2) is 12.4 Å². The molecule has 0 radical (unpaired) electrons. The molecule has 3 heteroatoms. The van der Waals surface area contributed by atoms with Crippen LogP contribution < -0.4 is 0 Å². The molecule has 0 spiro atoms. The molecule has 0 amide bonds. The van der Waals surface area contributed by atoms with Crippen molar-refractivity contribution < 1.29 is 0 Å². The van der Waals surface area contributed by atoms with Crippen LogP contribution in [-0.2, 0) is 6.42 Å². The maximum absolute atomic E-state index is 4.22. The number of hydrogen-bond acceptors (Lipinski definition) is 3. The Bertz CT molecular complexity index is 407. The van der Waals surface area contributed by atoms with E-state index in [0.717, 1.165) is 16.9 Å². The summed E-state index contributed by atoms with van der Waals surface area (Å²) in [6.45, 7) is 8.18. The monoisotopic (exact) mass is 208 g/mol. The van der Waals surface area contributed by atoms with Gasteiger partial charge in [-0.1, -0.05) is 20.8 Å². The molecule has 0 unspecified atom stereocenters. The number of fused-ring (bicyclic) bond motifs is 1. The van der Waals surface area contributed by atoms with Crippen LogP contribution in [-0.4, -0.2) is 9.97 Å². The van der Waals surface area contributed by atoms with Crippen molar-refractivity contribution in [2.24, 2.45) is 0 Å². The van der Waals surface area contributed by atoms with E-state index in [1.54, 1.807) is 17.7 Å². The second-order valence-corrected chi connectivity index (χ2v) is 3.86. The van der Waals surface area contributed by atoms with E-state index in [-0.39, 0.29) is 0 Å². The molecule has 0 saturated heterocycles. The molecule has 0 aliphatic rings. The maximum Gasteiger partial charge on any atom is 0.127 e. The SMILES string of the molecule is CC.CCc1cc2c(C)ncnc2s1. The van der Waals surface area contributed by atoms with E-state index in [1.807, 2.05) is 20.8 Å². The standard InChI is InChI=1S/C9H10N2S.C2H6/c1-3-7-4-8-6(2)10-5-11-9(8)12-7;1-2/h4-5H,3H2,1-2H3;1-2H3. The van der Waals surface area contributed by atoms with Crippen LogP contribution in [0.3, 0.4) is 0 Å². The molecule has 2 aromatic heterocycles. The number of nitrogens with zero attached hydrogens (tertiary/aromatic N) is 2. The summed E-state index contributed by atoms with van der Waals surface area (Å²) in [5.74, 6) is 0. The van der Waals surface area contributed by atoms with Gasteiger partial charge in [-0.2, -0.15) is 0 Å². The van der Waals surface area contributed by atoms with Gasteiger partial charge in [-0.3, -0.25) is 0 Å². The van der Waals surface area contributed by atoms with Crippen LogP contribution in [0.2, 0.25) is 0 Å². The molecule has 76 valence electrons. The Labute approximate surface area is 89.0 Å². The third kappa shape index (κ3) is 2.10. The average molecular weight is 208 g/mol. The highest BCUT2D eigenvalue weighted by molar-refractivity contribution is 7.18. The molecule has 0 fully saturated rings. The number of aryl methyl sites for hydroxylation is 2. The van der Waals surface area contributed by atoms with Crippen molar-refractivity contribution in [1.82, 2.24) is 9.97 Å². The smallest absolute Gasteiger partial charge is 0.127 e. The molecule has 2 nitrogen and oxygen atoms in total. The topological polar surface area (TPSA) is 25.8 Å². The molecule has 0 aliphatic heterocycles. The first-order valence-electron chi connectivity index (χ1n) is 5.01. The van der Waals surface area contributed by atoms with Crippen molar-refractivity contribution in [3.63, 3.8) is 0 Å². The molecule has 0 bridgehead atoms. The normalized spacial score (nSPS) is 9.71. The lowest BCUT2D eigenvalue weighted by molar-refractivity contribution is 1.16. The molecule has 0 saturated carbocycles. The van der Waals surface area contributed by atoms with Gasteiger partial charge >= 0.3 is 0 Å². The summed E-state index contributed by atoms with van der Waals surface area (Å²) in [5.41, 5.74) is 1.08. The van der Waals surface area contributed by atoms with E-state index in [2.05, 4.69) is 23.0 Å². The van der Waals surface area contributed by atoms with Crippen molar-refractivity contribution in [3.05, 3.63) is 23.0 Å². The minimum atomic E-state index is 1.08. The summed E-state index contributed by atoms with van der Waals surface area (Å²) in [6.07, 6.45) is 2.72. The zero-order chi connectivity index (χ0) is 10.6. The maximum atomic E-state index is 4.22. The molecule has 0 N–H and O–H groups in total. The zero-order valence-corrected chi connectivity index (χ0v) is 9.98. The fraction of sp³-hybridized carbons (Fsp3) is 0.455. The second-order valence-electron chi connectivity index (χ2n) is 2.74. The van der Waals surface area contributed by atoms with Crippen molar-refractivity contribution in [2.45, 2.75) is 34.1 Å². The number of aromatic nitrogens is 2. The van der Waals surface area contributed by atoms with Gasteiger partial charge in [-0.25, -0.2) is 9.97 Å². The van der Waals surface area contributed by atoms with E-state index in [9.17, 15) is 0 Å². The van der Waals surface area contributed by atoms with E-state index >= 15 is 0 Å². The molecule has 14 heavy (non-hydrogen) atoms. The van der Waals surface area contributed by atoms with Crippen molar-refractivity contribution in [3.8, 4) is 0 Å². The Morgan fingerprint density at radius 1 is 1.29 bits per heavy atom. The minimum absolute atomic E-state index is 1.08. The summed E-state index contributed by atoms with van der Waals surface area (Å²) < 4.78 is 0. The third-order valence-corrected chi connectivity index (χ3v) is 3.12. The highest BCUT2D eigenvalue weighted by Gasteiger charge is 2.03. The van der Waals surface area contributed by atoms with Gasteiger partial charge in [0.25, 0.3) is 0 Å². The lowest BCUT2D eigenvalue weighted by atomic mass is 10.3. The molecule has 0 atom stereocenters. The Kier molecular flexibility index (Phi) is 4.01. The molecule has 2 rings (SSSR count). The van der Waals surface area contributed by atoms with Gasteiger partial charge in [-0.05, 0) is 19.4 Å². The lowest BCUT2D eigenvalue weighted by Gasteiger charge is -1.90. The van der Waals surface area contributed by atoms with Gasteiger partial charge < -0.3 is 0 Å². The van der Waals surface area contributed by atoms with Crippen molar-refractivity contribution >= 4 is 21.6 Å². The van der Waals surface area contributed by atoms with Crippen molar-refractivity contribution in [1.29, 1.82) is 0 Å². The largest absolute Gasteiger partial charge is 0.241 e. The van der Waals surface area contributed by atoms with Crippen LogP contribution in [0.5, 0.6) is 0 Å². The molecule has 2 heterocycles. The lowest BCUT2D eigenvalue weighted by Crippen LogP contribution is -1.81. The van der Waals surface area contributed by atoms with Crippen LogP contribution in [0, 0.1) is 6.92 Å². The fourth-order valence-electron chi connectivity index (χ4n) is 1.20. The first-order valence-corrected chi connectivity index (χ1v) is 5.83. The molecule has 0 aromatic carbocycles. The number of rotatable bonds is 1. The minimum Gasteiger partial charge on any atom is -0.241 e. The number of thiophene rings is 1. The Balaban J connectivity index is 0.000000461. The Morgan fingerprint density at radius 3 is 2.57 bits per heavy atom. The van der Waals surface area contributed by atoms with Crippen LogP contribution in [0.1, 0.15) is 31.3 Å². The van der Waals surface area contributed by atoms with Crippen LogP contribution in [0.4, 0.5) is 0 Å². The van der Waals surface area contributed by atoms with Crippen molar-refractivity contribution in [2.75, 3.05) is 0 Å². The predicted molar refractivity (Wildman–Crippen MR) is 62.9 cm³/mol. The van der Waals surface area contributed by atoms with Gasteiger partial charge in [0.05, 0.1) is 0 Å². The van der Waals surface area contributed by atoms with E-state index in [0.29, 0.717) is 0 Å². The fourth-order valence-corrected chi connectivity index (χ4v) is 2.18. The zero-order valence-electron chi connectivity index (χ0n) is 9.16. The highest BCUT2D eigenvalue weighted by atomic mass is 32.1. The summed E-state index contributed by atoms with van der Waals surface area (Å²) >= 11 is 1.76. The third-order valence-electron chi connectivity index (χ3n) is 1.93. The van der Waals surface area contributed by atoms with Gasteiger partial charge in [0.1, 0.15) is 11.2 Å². The summed E-state index contributed by atoms with van der Waals surface area (Å²) in [5, 5.41) is 1.21. The first kappa shape index (κ1) is 11.1. The predicted octanol–water partition coefficient (Wildman–Crippen LogP) is 3.59. The Morgan fingerprint density at radius 2 is 2.00 bits per heavy atom. The Hall–Kier alpha value is -0.960. The van der Waals surface area contributed by atoms with Gasteiger partial charge in [0.2, 0.25) is 0 Å². The van der Waals surface area contributed by atoms with E-state index in [1.165, 1.54) is 10.3 Å². The number of hydrogen-bond donors (Lipinski definition) is 0. The van der Waals surface area contributed by atoms with E-state index in [4.69, 9.17) is 0 Å². The van der Waals surface area contributed by atoms with Gasteiger partial charge in [0.15, 0.2) is 0 Å². The van der Waals surface area contributed by atoms with Crippen LogP contribution in [0.25, 0.3) is 10.2 Å². The molecular formula is C11H16N2S. The van der Waals surface area contributed by atoms with E-state index < -0.39 is 0 Å². The van der Waals surface area contributed by atoms with Gasteiger partial charge in [0, 0.05) is 16.0 Å². The van der Waals surface area contributed by atoms with Crippen LogP contribution >= 0.6 is 11.3 Å². The quantitative estimate of drug-likeness (QED) is 0.715. The van der Waals surface area contributed by atoms with Gasteiger partial charge in [-0.15, -0.1) is 11.3 Å². The first-order chi connectivity index (χ1) is 6.81. The second kappa shape index (κ2) is 5.05. The highest BCUT2D eigenvalue weighted by Crippen LogP contribution is 2.24. The molecule has 2 aromatic rings. The molecular weight excluding hydrogens is 192 g/mol.